The predicted octanol–water partition coefficient (Wildman–Crippen LogP) is 4.89. The fourth-order valence-electron chi connectivity index (χ4n) is 2.36. The van der Waals surface area contributed by atoms with Gasteiger partial charge in [-0.05, 0) is 23.8 Å². The molecular weight excluding hydrogens is 332 g/mol. The average Bonchev–Trinajstić information content (AvgIpc) is 3.16. The highest BCUT2D eigenvalue weighted by Gasteiger charge is 2.10. The number of ether oxygens (including phenoxy) is 2. The van der Waals surface area contributed by atoms with Crippen LogP contribution < -0.4 is 9.47 Å². The lowest BCUT2D eigenvalue weighted by molar-refractivity contribution is 0.394. The molecule has 0 unspecified atom stereocenters. The molecule has 0 bridgehead atoms. The van der Waals surface area contributed by atoms with Crippen LogP contribution >= 0.6 is 11.3 Å². The number of allylic oxidation sites excluding steroid dienone is 1. The Bertz CT molecular complexity index is 918. The summed E-state index contributed by atoms with van der Waals surface area (Å²) < 4.78 is 10.6. The van der Waals surface area contributed by atoms with Crippen LogP contribution in [0.2, 0.25) is 0 Å². The number of methoxy groups -OCH3 is 2. The number of benzene rings is 2. The normalized spacial score (nSPS) is 11.0. The van der Waals surface area contributed by atoms with E-state index in [1.165, 1.54) is 11.3 Å². The first-order chi connectivity index (χ1) is 12.2. The Balaban J connectivity index is 1.97. The van der Waals surface area contributed by atoms with E-state index in [9.17, 15) is 5.26 Å². The van der Waals surface area contributed by atoms with Crippen molar-refractivity contribution in [3.05, 3.63) is 64.5 Å². The first-order valence-corrected chi connectivity index (χ1v) is 8.47. The fraction of sp³-hybridized carbons (Fsp3) is 0.100. The zero-order valence-corrected chi connectivity index (χ0v) is 14.7. The second-order valence-electron chi connectivity index (χ2n) is 5.22. The molecule has 0 aliphatic carbocycles. The molecule has 0 saturated carbocycles. The van der Waals surface area contributed by atoms with Crippen LogP contribution in [-0.2, 0) is 0 Å². The molecule has 0 radical (unpaired) electrons. The summed E-state index contributed by atoms with van der Waals surface area (Å²) in [5.74, 6) is 1.35. The molecule has 0 fully saturated rings. The Morgan fingerprint density at radius 3 is 2.36 bits per heavy atom. The minimum Gasteiger partial charge on any atom is -0.497 e. The summed E-state index contributed by atoms with van der Waals surface area (Å²) in [5, 5.41) is 12.2. The van der Waals surface area contributed by atoms with Gasteiger partial charge in [0.05, 0.1) is 25.5 Å². The minimum atomic E-state index is 0.502. The van der Waals surface area contributed by atoms with Crippen molar-refractivity contribution in [3.63, 3.8) is 0 Å². The van der Waals surface area contributed by atoms with Crippen LogP contribution in [0.3, 0.4) is 0 Å². The highest BCUT2D eigenvalue weighted by molar-refractivity contribution is 7.11. The van der Waals surface area contributed by atoms with Gasteiger partial charge in [-0.1, -0.05) is 30.3 Å². The lowest BCUT2D eigenvalue weighted by atomic mass is 10.1. The number of aromatic nitrogens is 1. The van der Waals surface area contributed by atoms with Crippen LogP contribution in [0, 0.1) is 11.3 Å². The third-order valence-electron chi connectivity index (χ3n) is 3.61. The van der Waals surface area contributed by atoms with Crippen LogP contribution in [0.25, 0.3) is 22.9 Å². The molecule has 1 heterocycles. The first kappa shape index (κ1) is 16.7. The summed E-state index contributed by atoms with van der Waals surface area (Å²) in [6.07, 6.45) is 1.79. The molecule has 0 spiro atoms. The summed E-state index contributed by atoms with van der Waals surface area (Å²) in [7, 11) is 3.20. The molecule has 25 heavy (non-hydrogen) atoms. The smallest absolute Gasteiger partial charge is 0.134 e. The van der Waals surface area contributed by atoms with E-state index in [1.54, 1.807) is 26.4 Å². The number of hydrogen-bond donors (Lipinski definition) is 0. The van der Waals surface area contributed by atoms with Crippen LogP contribution in [0.1, 0.15) is 10.6 Å². The molecule has 0 aliphatic heterocycles. The summed E-state index contributed by atoms with van der Waals surface area (Å²) >= 11 is 1.45. The largest absolute Gasteiger partial charge is 0.497 e. The molecule has 0 N–H and O–H groups in total. The fourth-order valence-corrected chi connectivity index (χ4v) is 3.15. The lowest BCUT2D eigenvalue weighted by Crippen LogP contribution is -1.89. The van der Waals surface area contributed by atoms with Crippen molar-refractivity contribution in [2.45, 2.75) is 0 Å². The summed E-state index contributed by atoms with van der Waals surface area (Å²) in [6.45, 7) is 0. The Labute approximate surface area is 150 Å². The second kappa shape index (κ2) is 7.65. The summed E-state index contributed by atoms with van der Waals surface area (Å²) in [5.41, 5.74) is 3.22. The quantitative estimate of drug-likeness (QED) is 0.616. The topological polar surface area (TPSA) is 55.1 Å². The van der Waals surface area contributed by atoms with Crippen molar-refractivity contribution in [1.29, 1.82) is 5.26 Å². The number of nitriles is 1. The number of hydrogen-bond acceptors (Lipinski definition) is 5. The Morgan fingerprint density at radius 1 is 1.08 bits per heavy atom. The van der Waals surface area contributed by atoms with Crippen molar-refractivity contribution in [2.24, 2.45) is 0 Å². The van der Waals surface area contributed by atoms with E-state index in [1.807, 2.05) is 47.8 Å². The van der Waals surface area contributed by atoms with E-state index >= 15 is 0 Å². The number of nitrogens with zero attached hydrogens (tertiary/aromatic N) is 2. The van der Waals surface area contributed by atoms with E-state index in [2.05, 4.69) is 11.1 Å². The predicted molar refractivity (Wildman–Crippen MR) is 101 cm³/mol. The van der Waals surface area contributed by atoms with Gasteiger partial charge >= 0.3 is 0 Å². The molecule has 124 valence electrons. The average molecular weight is 348 g/mol. The maximum Gasteiger partial charge on any atom is 0.134 e. The van der Waals surface area contributed by atoms with Crippen LogP contribution in [0.4, 0.5) is 0 Å². The molecule has 0 atom stereocenters. The summed E-state index contributed by atoms with van der Waals surface area (Å²) in [4.78, 5) is 4.60. The van der Waals surface area contributed by atoms with Gasteiger partial charge in [-0.15, -0.1) is 11.3 Å². The second-order valence-corrected chi connectivity index (χ2v) is 6.08. The van der Waals surface area contributed by atoms with Crippen molar-refractivity contribution >= 4 is 23.0 Å². The standard InChI is InChI=1S/C20H16N2O2S/c1-23-17-9-14(10-18(11-17)24-2)8-16(12-21)20-22-19(13-25-20)15-6-4-3-5-7-15/h3-11,13H,1-2H3/b16-8+. The SMILES string of the molecule is COc1cc(/C=C(\C#N)c2nc(-c3ccccc3)cs2)cc(OC)c1. The zero-order chi connectivity index (χ0) is 17.6. The molecule has 2 aromatic carbocycles. The van der Waals surface area contributed by atoms with E-state index < -0.39 is 0 Å². The van der Waals surface area contributed by atoms with Crippen molar-refractivity contribution in [1.82, 2.24) is 4.98 Å². The third kappa shape index (κ3) is 3.87. The Kier molecular flexibility index (Phi) is 5.12. The van der Waals surface area contributed by atoms with E-state index in [-0.39, 0.29) is 0 Å². The van der Waals surface area contributed by atoms with Gasteiger partial charge in [0, 0.05) is 17.0 Å². The lowest BCUT2D eigenvalue weighted by Gasteiger charge is -2.06. The minimum absolute atomic E-state index is 0.502. The van der Waals surface area contributed by atoms with Gasteiger partial charge in [0.2, 0.25) is 0 Å². The van der Waals surface area contributed by atoms with Gasteiger partial charge in [-0.2, -0.15) is 5.26 Å². The van der Waals surface area contributed by atoms with Gasteiger partial charge in [-0.3, -0.25) is 0 Å². The monoisotopic (exact) mass is 348 g/mol. The van der Waals surface area contributed by atoms with E-state index in [0.717, 1.165) is 16.8 Å². The molecule has 0 amide bonds. The van der Waals surface area contributed by atoms with Gasteiger partial charge in [0.1, 0.15) is 22.6 Å². The zero-order valence-electron chi connectivity index (χ0n) is 13.9. The Morgan fingerprint density at radius 2 is 1.76 bits per heavy atom. The number of rotatable bonds is 5. The van der Waals surface area contributed by atoms with Crippen LogP contribution in [0.15, 0.2) is 53.9 Å². The van der Waals surface area contributed by atoms with Gasteiger partial charge in [0.25, 0.3) is 0 Å². The molecule has 0 saturated heterocycles. The number of thiazole rings is 1. The maximum absolute atomic E-state index is 9.56. The molecular formula is C20H16N2O2S. The third-order valence-corrected chi connectivity index (χ3v) is 4.48. The molecule has 4 nitrogen and oxygen atoms in total. The molecule has 3 rings (SSSR count). The van der Waals surface area contributed by atoms with Crippen LogP contribution in [-0.4, -0.2) is 19.2 Å². The van der Waals surface area contributed by atoms with Gasteiger partial charge in [0.15, 0.2) is 0 Å². The highest BCUT2D eigenvalue weighted by atomic mass is 32.1. The van der Waals surface area contributed by atoms with Crippen molar-refractivity contribution < 1.29 is 9.47 Å². The van der Waals surface area contributed by atoms with Crippen molar-refractivity contribution in [3.8, 4) is 28.8 Å². The van der Waals surface area contributed by atoms with Crippen LogP contribution in [0.5, 0.6) is 11.5 Å². The molecule has 5 heteroatoms. The summed E-state index contributed by atoms with van der Waals surface area (Å²) in [6, 6.07) is 17.6. The highest BCUT2D eigenvalue weighted by Crippen LogP contribution is 2.29. The maximum atomic E-state index is 9.56. The Hall–Kier alpha value is -3.10. The van der Waals surface area contributed by atoms with Crippen molar-refractivity contribution in [2.75, 3.05) is 14.2 Å². The molecule has 3 aromatic rings. The van der Waals surface area contributed by atoms with Gasteiger partial charge in [-0.25, -0.2) is 4.98 Å². The molecule has 0 aliphatic rings. The van der Waals surface area contributed by atoms with E-state index in [4.69, 9.17) is 9.47 Å². The van der Waals surface area contributed by atoms with Gasteiger partial charge < -0.3 is 9.47 Å². The van der Waals surface area contributed by atoms with E-state index in [0.29, 0.717) is 22.1 Å². The molecule has 1 aromatic heterocycles. The first-order valence-electron chi connectivity index (χ1n) is 7.59.